The number of rotatable bonds is 17. The fourth-order valence-corrected chi connectivity index (χ4v) is 3.73. The number of phenols is 1. The number of phenolic OH excluding ortho intramolecular Hbond substituents is 1. The second-order valence-electron chi connectivity index (χ2n) is 8.41. The third-order valence-electron chi connectivity index (χ3n) is 5.35. The zero-order chi connectivity index (χ0) is 28.7. The van der Waals surface area contributed by atoms with Crippen LogP contribution in [-0.2, 0) is 25.6 Å². The first-order chi connectivity index (χ1) is 18.0. The van der Waals surface area contributed by atoms with E-state index in [-0.39, 0.29) is 43.9 Å². The van der Waals surface area contributed by atoms with Gasteiger partial charge in [0.2, 0.25) is 17.7 Å². The lowest BCUT2D eigenvalue weighted by molar-refractivity contribution is -0.142. The molecule has 0 fully saturated rings. The monoisotopic (exact) mass is 555 g/mol. The predicted octanol–water partition coefficient (Wildman–Crippen LogP) is -2.40. The second kappa shape index (κ2) is 17.0. The molecule has 3 amide bonds. The summed E-state index contributed by atoms with van der Waals surface area (Å²) in [5.74, 6) is -3.16. The van der Waals surface area contributed by atoms with Crippen molar-refractivity contribution in [1.82, 2.24) is 16.0 Å². The molecule has 4 atom stereocenters. The van der Waals surface area contributed by atoms with Crippen LogP contribution in [-0.4, -0.2) is 94.3 Å². The molecule has 15 heteroatoms. The number of carboxylic acids is 1. The summed E-state index contributed by atoms with van der Waals surface area (Å²) in [6.07, 6.45) is 2.40. The number of nitrogens with one attached hydrogen (secondary N) is 3. The number of nitrogens with two attached hydrogens (primary N) is 3. The van der Waals surface area contributed by atoms with Gasteiger partial charge in [-0.25, -0.2) is 4.79 Å². The summed E-state index contributed by atoms with van der Waals surface area (Å²) >= 11 is 1.42. The quantitative estimate of drug-likeness (QED) is 0.0556. The van der Waals surface area contributed by atoms with E-state index in [1.54, 1.807) is 18.4 Å². The molecule has 0 aromatic heterocycles. The maximum atomic E-state index is 12.9. The number of carbonyl (C=O) groups excluding carboxylic acids is 3. The van der Waals surface area contributed by atoms with Crippen LogP contribution in [0.1, 0.15) is 24.8 Å². The van der Waals surface area contributed by atoms with Crippen LogP contribution >= 0.6 is 11.8 Å². The van der Waals surface area contributed by atoms with E-state index in [1.165, 1.54) is 23.9 Å². The topological polar surface area (TPSA) is 255 Å². The highest BCUT2D eigenvalue weighted by molar-refractivity contribution is 7.98. The van der Waals surface area contributed by atoms with Crippen molar-refractivity contribution in [3.05, 3.63) is 29.8 Å². The minimum atomic E-state index is -1.42. The molecule has 1 rings (SSSR count). The van der Waals surface area contributed by atoms with E-state index in [2.05, 4.69) is 20.9 Å². The molecule has 0 radical (unpaired) electrons. The maximum Gasteiger partial charge on any atom is 0.326 e. The SMILES string of the molecule is CSCCC(NC(=O)C(CCCN=C(N)N)NC(=O)C(CO)NC(=O)C(N)Cc1ccc(O)cc1)C(=O)O. The Labute approximate surface area is 224 Å². The highest BCUT2D eigenvalue weighted by atomic mass is 32.2. The van der Waals surface area contributed by atoms with E-state index in [4.69, 9.17) is 17.2 Å². The van der Waals surface area contributed by atoms with E-state index in [0.29, 0.717) is 11.3 Å². The van der Waals surface area contributed by atoms with E-state index >= 15 is 0 Å². The molecule has 0 heterocycles. The first-order valence-electron chi connectivity index (χ1n) is 11.8. The Morgan fingerprint density at radius 3 is 2.08 bits per heavy atom. The number of amides is 3. The molecule has 4 unspecified atom stereocenters. The molecule has 1 aromatic rings. The summed E-state index contributed by atoms with van der Waals surface area (Å²) in [6, 6.07) is 1.22. The third-order valence-corrected chi connectivity index (χ3v) is 5.99. The van der Waals surface area contributed by atoms with Crippen molar-refractivity contribution in [2.45, 2.75) is 49.9 Å². The Morgan fingerprint density at radius 2 is 1.53 bits per heavy atom. The first-order valence-corrected chi connectivity index (χ1v) is 13.2. The fraction of sp³-hybridized carbons (Fsp3) is 0.522. The number of carboxylic acid groups (broad SMARTS) is 1. The lowest BCUT2D eigenvalue weighted by Crippen LogP contribution is -2.58. The minimum Gasteiger partial charge on any atom is -0.508 e. The summed E-state index contributed by atoms with van der Waals surface area (Å²) in [6.45, 7) is -0.625. The molecular formula is C23H37N7O7S. The minimum absolute atomic E-state index is 0.0513. The Kier molecular flexibility index (Phi) is 14.6. The van der Waals surface area contributed by atoms with Gasteiger partial charge in [-0.05, 0) is 55.4 Å². The van der Waals surface area contributed by atoms with Crippen molar-refractivity contribution in [3.8, 4) is 5.75 Å². The molecule has 212 valence electrons. The van der Waals surface area contributed by atoms with Crippen molar-refractivity contribution in [2.24, 2.45) is 22.2 Å². The first kappa shape index (κ1) is 32.5. The molecule has 14 nitrogen and oxygen atoms in total. The van der Waals surface area contributed by atoms with Crippen LogP contribution in [0.2, 0.25) is 0 Å². The molecule has 0 saturated carbocycles. The Balaban J connectivity index is 2.88. The summed E-state index contributed by atoms with van der Waals surface area (Å²) < 4.78 is 0. The standard InChI is InChI=1S/C23H37N7O7S/c1-38-10-8-17(22(36)37)29-20(34)16(3-2-9-27-23(25)26)28-21(35)18(12-31)30-19(33)15(24)11-13-4-6-14(32)7-5-13/h4-7,15-18,31-32H,2-3,8-12,24H2,1H3,(H,28,35)(H,29,34)(H,30,33)(H,36,37)(H4,25,26,27). The number of aliphatic carboxylic acids is 1. The van der Waals surface area contributed by atoms with Crippen molar-refractivity contribution in [1.29, 1.82) is 0 Å². The molecule has 0 saturated heterocycles. The zero-order valence-electron chi connectivity index (χ0n) is 21.1. The van der Waals surface area contributed by atoms with Gasteiger partial charge in [0.05, 0.1) is 12.6 Å². The number of hydrogen-bond acceptors (Lipinski definition) is 9. The van der Waals surface area contributed by atoms with Gasteiger partial charge in [0.15, 0.2) is 5.96 Å². The lowest BCUT2D eigenvalue weighted by Gasteiger charge is -2.24. The van der Waals surface area contributed by atoms with E-state index in [0.717, 1.165) is 0 Å². The number of carbonyl (C=O) groups is 4. The van der Waals surface area contributed by atoms with Gasteiger partial charge >= 0.3 is 5.97 Å². The molecular weight excluding hydrogens is 518 g/mol. The summed E-state index contributed by atoms with van der Waals surface area (Å²) in [5, 5.41) is 35.7. The van der Waals surface area contributed by atoms with E-state index < -0.39 is 54.5 Å². The van der Waals surface area contributed by atoms with Crippen molar-refractivity contribution in [2.75, 3.05) is 25.2 Å². The van der Waals surface area contributed by atoms with Crippen LogP contribution < -0.4 is 33.2 Å². The summed E-state index contributed by atoms with van der Waals surface area (Å²) in [7, 11) is 0. The molecule has 0 aliphatic heterocycles. The van der Waals surface area contributed by atoms with Crippen LogP contribution in [0, 0.1) is 0 Å². The molecule has 0 aliphatic carbocycles. The third kappa shape index (κ3) is 12.1. The number of hydrogen-bond donors (Lipinski definition) is 9. The number of aliphatic hydroxyl groups excluding tert-OH is 1. The van der Waals surface area contributed by atoms with Crippen molar-refractivity contribution in [3.63, 3.8) is 0 Å². The van der Waals surface area contributed by atoms with Gasteiger partial charge in [-0.1, -0.05) is 12.1 Å². The van der Waals surface area contributed by atoms with Crippen LogP contribution in [0.3, 0.4) is 0 Å². The van der Waals surface area contributed by atoms with Gasteiger partial charge in [-0.3, -0.25) is 19.4 Å². The number of benzene rings is 1. The molecule has 1 aromatic carbocycles. The van der Waals surface area contributed by atoms with Gasteiger partial charge in [0.1, 0.15) is 23.9 Å². The summed E-state index contributed by atoms with van der Waals surface area (Å²) in [4.78, 5) is 53.6. The van der Waals surface area contributed by atoms with Crippen molar-refractivity contribution < 1.29 is 34.5 Å². The number of aromatic hydroxyl groups is 1. The molecule has 12 N–H and O–H groups in total. The number of aliphatic hydroxyl groups is 1. The number of nitrogens with zero attached hydrogens (tertiary/aromatic N) is 1. The highest BCUT2D eigenvalue weighted by Gasteiger charge is 2.30. The molecule has 0 spiro atoms. The predicted molar refractivity (Wildman–Crippen MR) is 143 cm³/mol. The van der Waals surface area contributed by atoms with Gasteiger partial charge in [0, 0.05) is 6.54 Å². The van der Waals surface area contributed by atoms with Gasteiger partial charge < -0.3 is 48.5 Å². The largest absolute Gasteiger partial charge is 0.508 e. The van der Waals surface area contributed by atoms with E-state index in [1.807, 2.05) is 0 Å². The van der Waals surface area contributed by atoms with Gasteiger partial charge in [0.25, 0.3) is 0 Å². The smallest absolute Gasteiger partial charge is 0.326 e. The second-order valence-corrected chi connectivity index (χ2v) is 9.40. The van der Waals surface area contributed by atoms with Crippen molar-refractivity contribution >= 4 is 41.4 Å². The van der Waals surface area contributed by atoms with Crippen LogP contribution in [0.4, 0.5) is 0 Å². The number of thioether (sulfide) groups is 1. The fourth-order valence-electron chi connectivity index (χ4n) is 3.26. The molecule has 38 heavy (non-hydrogen) atoms. The summed E-state index contributed by atoms with van der Waals surface area (Å²) in [5.41, 5.74) is 17.2. The highest BCUT2D eigenvalue weighted by Crippen LogP contribution is 2.11. The Bertz CT molecular complexity index is 958. The Morgan fingerprint density at radius 1 is 0.947 bits per heavy atom. The van der Waals surface area contributed by atoms with Crippen LogP contribution in [0.15, 0.2) is 29.3 Å². The molecule has 0 bridgehead atoms. The van der Waals surface area contributed by atoms with Crippen LogP contribution in [0.5, 0.6) is 5.75 Å². The van der Waals surface area contributed by atoms with E-state index in [9.17, 15) is 34.5 Å². The van der Waals surface area contributed by atoms with Gasteiger partial charge in [-0.15, -0.1) is 0 Å². The average molecular weight is 556 g/mol. The number of guanidine groups is 1. The van der Waals surface area contributed by atoms with Gasteiger partial charge in [-0.2, -0.15) is 11.8 Å². The zero-order valence-corrected chi connectivity index (χ0v) is 21.9. The lowest BCUT2D eigenvalue weighted by atomic mass is 10.1. The Hall–Kier alpha value is -3.56. The average Bonchev–Trinajstić information content (AvgIpc) is 2.87. The number of aliphatic imine (C=N–C) groups is 1. The molecule has 0 aliphatic rings. The maximum absolute atomic E-state index is 12.9. The van der Waals surface area contributed by atoms with Crippen LogP contribution in [0.25, 0.3) is 0 Å². The normalized spacial score (nSPS) is 13.9.